The van der Waals surface area contributed by atoms with E-state index in [2.05, 4.69) is 32.3 Å². The lowest BCUT2D eigenvalue weighted by atomic mass is 9.97. The maximum absolute atomic E-state index is 13.2. The van der Waals surface area contributed by atoms with Crippen LogP contribution in [0.15, 0.2) is 60.8 Å². The lowest BCUT2D eigenvalue weighted by Crippen LogP contribution is -2.43. The second-order valence-corrected chi connectivity index (χ2v) is 7.73. The Balaban J connectivity index is 1.41. The van der Waals surface area contributed by atoms with E-state index >= 15 is 0 Å². The highest BCUT2D eigenvalue weighted by Crippen LogP contribution is 2.24. The van der Waals surface area contributed by atoms with E-state index in [4.69, 9.17) is 0 Å². The standard InChI is InChI=1S/C24H25FN4O/c1-17-4-6-18(7-5-17)15-27-24(30)20-3-2-14-29(16-20)22-12-13-26-23(28-22)19-8-10-21(25)11-9-19/h4-13,20H,2-3,14-16H2,1H3,(H,27,30)/t20-/m0/s1. The van der Waals surface area contributed by atoms with E-state index in [1.807, 2.05) is 25.1 Å². The van der Waals surface area contributed by atoms with Gasteiger partial charge in [0.1, 0.15) is 11.6 Å². The largest absolute Gasteiger partial charge is 0.356 e. The summed E-state index contributed by atoms with van der Waals surface area (Å²) in [5, 5.41) is 3.07. The molecule has 4 rings (SSSR count). The van der Waals surface area contributed by atoms with Gasteiger partial charge < -0.3 is 10.2 Å². The van der Waals surface area contributed by atoms with E-state index in [0.717, 1.165) is 36.3 Å². The first-order chi connectivity index (χ1) is 14.6. The quantitative estimate of drug-likeness (QED) is 0.695. The van der Waals surface area contributed by atoms with Gasteiger partial charge in [0.2, 0.25) is 5.91 Å². The second kappa shape index (κ2) is 9.03. The minimum Gasteiger partial charge on any atom is -0.356 e. The van der Waals surface area contributed by atoms with E-state index in [1.165, 1.54) is 17.7 Å². The molecule has 1 aromatic heterocycles. The number of nitrogens with one attached hydrogen (secondary N) is 1. The first-order valence-electron chi connectivity index (χ1n) is 10.3. The SMILES string of the molecule is Cc1ccc(CNC(=O)[C@H]2CCCN(c3ccnc(-c4ccc(F)cc4)n3)C2)cc1. The van der Waals surface area contributed by atoms with Crippen LogP contribution in [0, 0.1) is 18.7 Å². The van der Waals surface area contributed by atoms with Crippen LogP contribution < -0.4 is 10.2 Å². The maximum atomic E-state index is 13.2. The summed E-state index contributed by atoms with van der Waals surface area (Å²) in [4.78, 5) is 23.8. The lowest BCUT2D eigenvalue weighted by molar-refractivity contribution is -0.125. The van der Waals surface area contributed by atoms with Crippen LogP contribution in [0.5, 0.6) is 0 Å². The van der Waals surface area contributed by atoms with Crippen molar-refractivity contribution >= 4 is 11.7 Å². The Kier molecular flexibility index (Phi) is 6.02. The lowest BCUT2D eigenvalue weighted by Gasteiger charge is -2.33. The zero-order valence-corrected chi connectivity index (χ0v) is 17.0. The number of carbonyl (C=O) groups is 1. The van der Waals surface area contributed by atoms with Crippen molar-refractivity contribution in [3.63, 3.8) is 0 Å². The van der Waals surface area contributed by atoms with Crippen molar-refractivity contribution < 1.29 is 9.18 Å². The van der Waals surface area contributed by atoms with Gasteiger partial charge in [-0.25, -0.2) is 14.4 Å². The van der Waals surface area contributed by atoms with Gasteiger partial charge in [-0.05, 0) is 55.7 Å². The number of hydrogen-bond acceptors (Lipinski definition) is 4. The van der Waals surface area contributed by atoms with Crippen molar-refractivity contribution in [1.82, 2.24) is 15.3 Å². The predicted molar refractivity (Wildman–Crippen MR) is 115 cm³/mol. The van der Waals surface area contributed by atoms with Crippen LogP contribution >= 0.6 is 0 Å². The summed E-state index contributed by atoms with van der Waals surface area (Å²) in [5.41, 5.74) is 3.07. The molecule has 2 heterocycles. The Morgan fingerprint density at radius 3 is 2.67 bits per heavy atom. The average molecular weight is 404 g/mol. The molecule has 0 saturated carbocycles. The van der Waals surface area contributed by atoms with Crippen LogP contribution in [0.1, 0.15) is 24.0 Å². The summed E-state index contributed by atoms with van der Waals surface area (Å²) < 4.78 is 13.2. The number of piperidine rings is 1. The fourth-order valence-corrected chi connectivity index (χ4v) is 3.70. The molecular formula is C24H25FN4O. The van der Waals surface area contributed by atoms with E-state index in [1.54, 1.807) is 18.3 Å². The van der Waals surface area contributed by atoms with Crippen LogP contribution in [0.25, 0.3) is 11.4 Å². The van der Waals surface area contributed by atoms with Crippen LogP contribution in [0.2, 0.25) is 0 Å². The van der Waals surface area contributed by atoms with Crippen LogP contribution in [0.4, 0.5) is 10.2 Å². The Bertz CT molecular complexity index is 1000. The van der Waals surface area contributed by atoms with E-state index < -0.39 is 0 Å². The van der Waals surface area contributed by atoms with E-state index in [0.29, 0.717) is 18.9 Å². The molecule has 6 heteroatoms. The number of anilines is 1. The third kappa shape index (κ3) is 4.82. The molecule has 0 unspecified atom stereocenters. The predicted octanol–water partition coefficient (Wildman–Crippen LogP) is 4.12. The number of benzene rings is 2. The molecule has 1 N–H and O–H groups in total. The molecule has 0 aliphatic carbocycles. The minimum absolute atomic E-state index is 0.0755. The summed E-state index contributed by atoms with van der Waals surface area (Å²) in [7, 11) is 0. The van der Waals surface area contributed by atoms with Crippen molar-refractivity contribution in [1.29, 1.82) is 0 Å². The number of amides is 1. The first-order valence-corrected chi connectivity index (χ1v) is 10.3. The molecule has 0 bridgehead atoms. The molecule has 0 radical (unpaired) electrons. The number of carbonyl (C=O) groups excluding carboxylic acids is 1. The molecule has 5 nitrogen and oxygen atoms in total. The van der Waals surface area contributed by atoms with E-state index in [-0.39, 0.29) is 17.6 Å². The zero-order valence-electron chi connectivity index (χ0n) is 17.0. The number of aromatic nitrogens is 2. The number of hydrogen-bond donors (Lipinski definition) is 1. The fourth-order valence-electron chi connectivity index (χ4n) is 3.70. The summed E-state index contributed by atoms with van der Waals surface area (Å²) in [5.74, 6) is 1.06. The van der Waals surface area contributed by atoms with Gasteiger partial charge in [0, 0.05) is 31.4 Å². The van der Waals surface area contributed by atoms with Crippen molar-refractivity contribution in [2.24, 2.45) is 5.92 Å². The van der Waals surface area contributed by atoms with Crippen LogP contribution in [-0.4, -0.2) is 29.0 Å². The molecule has 1 aliphatic rings. The van der Waals surface area contributed by atoms with Gasteiger partial charge in [0.15, 0.2) is 5.82 Å². The monoisotopic (exact) mass is 404 g/mol. The number of nitrogens with zero attached hydrogens (tertiary/aromatic N) is 3. The second-order valence-electron chi connectivity index (χ2n) is 7.73. The highest BCUT2D eigenvalue weighted by Gasteiger charge is 2.26. The third-order valence-electron chi connectivity index (χ3n) is 5.45. The van der Waals surface area contributed by atoms with Gasteiger partial charge in [-0.1, -0.05) is 29.8 Å². The van der Waals surface area contributed by atoms with E-state index in [9.17, 15) is 9.18 Å². The normalized spacial score (nSPS) is 16.3. The molecule has 154 valence electrons. The summed E-state index contributed by atoms with van der Waals surface area (Å²) in [6.07, 6.45) is 3.51. The molecular weight excluding hydrogens is 379 g/mol. The Morgan fingerprint density at radius 2 is 1.90 bits per heavy atom. The fraction of sp³-hybridized carbons (Fsp3) is 0.292. The molecule has 0 spiro atoms. The van der Waals surface area contributed by atoms with Gasteiger partial charge >= 0.3 is 0 Å². The molecule has 1 atom stereocenters. The van der Waals surface area contributed by atoms with Gasteiger partial charge in [0.05, 0.1) is 5.92 Å². The summed E-state index contributed by atoms with van der Waals surface area (Å²) in [6.45, 7) is 4.06. The molecule has 1 fully saturated rings. The minimum atomic E-state index is -0.287. The Morgan fingerprint density at radius 1 is 1.13 bits per heavy atom. The third-order valence-corrected chi connectivity index (χ3v) is 5.45. The summed E-state index contributed by atoms with van der Waals surface area (Å²) in [6, 6.07) is 16.2. The zero-order chi connectivity index (χ0) is 20.9. The van der Waals surface area contributed by atoms with Crippen molar-refractivity contribution in [3.05, 3.63) is 77.7 Å². The first kappa shape index (κ1) is 20.0. The topological polar surface area (TPSA) is 58.1 Å². The van der Waals surface area contributed by atoms with Crippen molar-refractivity contribution in [2.75, 3.05) is 18.0 Å². The molecule has 3 aromatic rings. The van der Waals surface area contributed by atoms with Crippen LogP contribution in [0.3, 0.4) is 0 Å². The number of aryl methyl sites for hydroxylation is 1. The maximum Gasteiger partial charge on any atom is 0.225 e. The Labute approximate surface area is 176 Å². The molecule has 2 aromatic carbocycles. The number of rotatable bonds is 5. The van der Waals surface area contributed by atoms with Gasteiger partial charge in [0.25, 0.3) is 0 Å². The molecule has 1 aliphatic heterocycles. The molecule has 1 amide bonds. The molecule has 1 saturated heterocycles. The van der Waals surface area contributed by atoms with Crippen LogP contribution in [-0.2, 0) is 11.3 Å². The average Bonchev–Trinajstić information content (AvgIpc) is 2.79. The highest BCUT2D eigenvalue weighted by atomic mass is 19.1. The smallest absolute Gasteiger partial charge is 0.225 e. The number of halogens is 1. The van der Waals surface area contributed by atoms with Crippen molar-refractivity contribution in [2.45, 2.75) is 26.3 Å². The summed E-state index contributed by atoms with van der Waals surface area (Å²) >= 11 is 0. The highest BCUT2D eigenvalue weighted by molar-refractivity contribution is 5.79. The Hall–Kier alpha value is -3.28. The van der Waals surface area contributed by atoms with Crippen molar-refractivity contribution in [3.8, 4) is 11.4 Å². The van der Waals surface area contributed by atoms with Gasteiger partial charge in [-0.2, -0.15) is 0 Å². The van der Waals surface area contributed by atoms with Gasteiger partial charge in [-0.3, -0.25) is 4.79 Å². The molecule has 30 heavy (non-hydrogen) atoms. The van der Waals surface area contributed by atoms with Gasteiger partial charge in [-0.15, -0.1) is 0 Å².